The van der Waals surface area contributed by atoms with Crippen LogP contribution in [0, 0.1) is 0 Å². The predicted molar refractivity (Wildman–Crippen MR) is 85.4 cm³/mol. The standard InChI is InChI=1S/C17H24O7/c1-14(18)24-13-15-2-3-16-17(12-15)23-11-9-21-7-5-19-4-6-20-8-10-22-16/h2-3,12H,4-11,13H2,1H3. The van der Waals surface area contributed by atoms with Gasteiger partial charge >= 0.3 is 5.97 Å². The first-order valence-electron chi connectivity index (χ1n) is 8.01. The quantitative estimate of drug-likeness (QED) is 0.757. The Morgan fingerprint density at radius 1 is 0.875 bits per heavy atom. The lowest BCUT2D eigenvalue weighted by molar-refractivity contribution is -0.142. The third-order valence-electron chi connectivity index (χ3n) is 3.16. The lowest BCUT2D eigenvalue weighted by Gasteiger charge is -2.14. The van der Waals surface area contributed by atoms with Gasteiger partial charge in [-0.05, 0) is 17.7 Å². The molecule has 1 aliphatic heterocycles. The second-order valence-electron chi connectivity index (χ2n) is 5.10. The van der Waals surface area contributed by atoms with Crippen molar-refractivity contribution < 1.29 is 33.2 Å². The summed E-state index contributed by atoms with van der Waals surface area (Å²) in [6.07, 6.45) is 0. The third-order valence-corrected chi connectivity index (χ3v) is 3.16. The first-order valence-corrected chi connectivity index (χ1v) is 8.01. The van der Waals surface area contributed by atoms with Crippen LogP contribution in [0.1, 0.15) is 12.5 Å². The fourth-order valence-electron chi connectivity index (χ4n) is 2.02. The van der Waals surface area contributed by atoms with Crippen LogP contribution in [0.3, 0.4) is 0 Å². The maximum Gasteiger partial charge on any atom is 0.302 e. The van der Waals surface area contributed by atoms with E-state index in [1.807, 2.05) is 6.07 Å². The van der Waals surface area contributed by atoms with Crippen molar-refractivity contribution in [2.45, 2.75) is 13.5 Å². The molecule has 0 unspecified atom stereocenters. The first-order chi connectivity index (χ1) is 11.8. The molecule has 0 amide bonds. The highest BCUT2D eigenvalue weighted by atomic mass is 16.6. The van der Waals surface area contributed by atoms with Crippen LogP contribution in [0.2, 0.25) is 0 Å². The Morgan fingerprint density at radius 3 is 2.00 bits per heavy atom. The minimum atomic E-state index is -0.323. The van der Waals surface area contributed by atoms with Crippen molar-refractivity contribution in [2.24, 2.45) is 0 Å². The van der Waals surface area contributed by atoms with E-state index in [1.165, 1.54) is 6.92 Å². The van der Waals surface area contributed by atoms with E-state index in [9.17, 15) is 4.79 Å². The topological polar surface area (TPSA) is 72.5 Å². The molecular weight excluding hydrogens is 316 g/mol. The smallest absolute Gasteiger partial charge is 0.302 e. The van der Waals surface area contributed by atoms with Crippen molar-refractivity contribution in [3.8, 4) is 11.5 Å². The first kappa shape index (κ1) is 18.5. The van der Waals surface area contributed by atoms with Crippen molar-refractivity contribution >= 4 is 5.97 Å². The number of benzene rings is 1. The predicted octanol–water partition coefficient (Wildman–Crippen LogP) is 1.57. The summed E-state index contributed by atoms with van der Waals surface area (Å²) in [4.78, 5) is 10.9. The molecule has 0 aliphatic carbocycles. The molecule has 1 heterocycles. The zero-order valence-electron chi connectivity index (χ0n) is 14.0. The number of ether oxygens (including phenoxy) is 6. The van der Waals surface area contributed by atoms with Gasteiger partial charge in [0.2, 0.25) is 0 Å². The molecule has 0 aromatic heterocycles. The van der Waals surface area contributed by atoms with Gasteiger partial charge in [0, 0.05) is 6.92 Å². The lowest BCUT2D eigenvalue weighted by atomic mass is 10.2. The number of carbonyl (C=O) groups is 1. The van der Waals surface area contributed by atoms with Gasteiger partial charge in [-0.2, -0.15) is 0 Å². The van der Waals surface area contributed by atoms with E-state index in [4.69, 9.17) is 28.4 Å². The third kappa shape index (κ3) is 7.16. The summed E-state index contributed by atoms with van der Waals surface area (Å²) in [7, 11) is 0. The zero-order chi connectivity index (χ0) is 17.0. The van der Waals surface area contributed by atoms with Crippen LogP contribution in [0.25, 0.3) is 0 Å². The summed E-state index contributed by atoms with van der Waals surface area (Å²) in [5.74, 6) is 0.891. The molecule has 7 heteroatoms. The fraction of sp³-hybridized carbons (Fsp3) is 0.588. The number of hydrogen-bond acceptors (Lipinski definition) is 7. The molecule has 134 valence electrons. The summed E-state index contributed by atoms with van der Waals surface area (Å²) in [5.41, 5.74) is 0.830. The van der Waals surface area contributed by atoms with Gasteiger partial charge in [0.15, 0.2) is 11.5 Å². The van der Waals surface area contributed by atoms with E-state index in [-0.39, 0.29) is 12.6 Å². The number of carbonyl (C=O) groups excluding carboxylic acids is 1. The molecule has 0 radical (unpaired) electrons. The molecule has 0 bridgehead atoms. The Morgan fingerprint density at radius 2 is 1.42 bits per heavy atom. The average Bonchev–Trinajstić information content (AvgIpc) is 2.58. The normalized spacial score (nSPS) is 17.4. The zero-order valence-corrected chi connectivity index (χ0v) is 14.0. The Kier molecular flexibility index (Phi) is 8.37. The number of hydrogen-bond donors (Lipinski definition) is 0. The summed E-state index contributed by atoms with van der Waals surface area (Å²) < 4.78 is 32.7. The van der Waals surface area contributed by atoms with E-state index >= 15 is 0 Å². The van der Waals surface area contributed by atoms with Gasteiger partial charge in [-0.3, -0.25) is 4.79 Å². The maximum atomic E-state index is 10.9. The van der Waals surface area contributed by atoms with Crippen LogP contribution in [-0.4, -0.2) is 58.8 Å². The molecule has 7 nitrogen and oxygen atoms in total. The van der Waals surface area contributed by atoms with Crippen molar-refractivity contribution in [3.05, 3.63) is 23.8 Å². The Hall–Kier alpha value is -1.83. The van der Waals surface area contributed by atoms with Gasteiger partial charge in [-0.1, -0.05) is 6.07 Å². The van der Waals surface area contributed by atoms with Crippen LogP contribution in [0.15, 0.2) is 18.2 Å². The van der Waals surface area contributed by atoms with Gasteiger partial charge in [0.05, 0.1) is 39.6 Å². The number of rotatable bonds is 2. The van der Waals surface area contributed by atoms with Gasteiger partial charge in [-0.25, -0.2) is 0 Å². The molecule has 0 spiro atoms. The van der Waals surface area contributed by atoms with Gasteiger partial charge < -0.3 is 28.4 Å². The summed E-state index contributed by atoms with van der Waals surface area (Å²) in [5, 5.41) is 0. The van der Waals surface area contributed by atoms with E-state index in [0.29, 0.717) is 64.4 Å². The number of esters is 1. The van der Waals surface area contributed by atoms with Crippen LogP contribution in [-0.2, 0) is 30.3 Å². The average molecular weight is 340 g/mol. The summed E-state index contributed by atoms with van der Waals surface area (Å²) in [6, 6.07) is 5.45. The molecule has 2 rings (SSSR count). The fourth-order valence-corrected chi connectivity index (χ4v) is 2.02. The lowest BCUT2D eigenvalue weighted by Crippen LogP contribution is -2.13. The van der Waals surface area contributed by atoms with Crippen molar-refractivity contribution in [3.63, 3.8) is 0 Å². The Balaban J connectivity index is 1.98. The monoisotopic (exact) mass is 340 g/mol. The second-order valence-corrected chi connectivity index (χ2v) is 5.10. The van der Waals surface area contributed by atoms with E-state index in [0.717, 1.165) is 5.56 Å². The molecule has 0 N–H and O–H groups in total. The molecule has 0 fully saturated rings. The highest BCUT2D eigenvalue weighted by Gasteiger charge is 2.09. The van der Waals surface area contributed by atoms with Crippen LogP contribution >= 0.6 is 0 Å². The minimum Gasteiger partial charge on any atom is -0.487 e. The Bertz CT molecular complexity index is 504. The molecule has 1 aromatic rings. The highest BCUT2D eigenvalue weighted by molar-refractivity contribution is 5.66. The maximum absolute atomic E-state index is 10.9. The van der Waals surface area contributed by atoms with Gasteiger partial charge in [0.25, 0.3) is 0 Å². The van der Waals surface area contributed by atoms with Gasteiger partial charge in [-0.15, -0.1) is 0 Å². The van der Waals surface area contributed by atoms with Crippen molar-refractivity contribution in [1.29, 1.82) is 0 Å². The van der Waals surface area contributed by atoms with E-state index in [1.54, 1.807) is 12.1 Å². The molecule has 0 saturated heterocycles. The molecular formula is C17H24O7. The Labute approximate surface area is 141 Å². The van der Waals surface area contributed by atoms with E-state index < -0.39 is 0 Å². The van der Waals surface area contributed by atoms with Crippen LogP contribution < -0.4 is 9.47 Å². The summed E-state index contributed by atoms with van der Waals surface area (Å²) in [6.45, 7) is 5.40. The summed E-state index contributed by atoms with van der Waals surface area (Å²) >= 11 is 0. The SMILES string of the molecule is CC(=O)OCc1ccc2c(c1)OCCOCCOCCOCCO2. The molecule has 1 aliphatic rings. The van der Waals surface area contributed by atoms with Crippen LogP contribution in [0.4, 0.5) is 0 Å². The number of fused-ring (bicyclic) bond motifs is 1. The van der Waals surface area contributed by atoms with Crippen LogP contribution in [0.5, 0.6) is 11.5 Å². The molecule has 0 saturated carbocycles. The highest BCUT2D eigenvalue weighted by Crippen LogP contribution is 2.29. The van der Waals surface area contributed by atoms with Gasteiger partial charge in [0.1, 0.15) is 19.8 Å². The molecule has 24 heavy (non-hydrogen) atoms. The molecule has 1 aromatic carbocycles. The van der Waals surface area contributed by atoms with Crippen molar-refractivity contribution in [2.75, 3.05) is 52.9 Å². The van der Waals surface area contributed by atoms with E-state index in [2.05, 4.69) is 0 Å². The largest absolute Gasteiger partial charge is 0.487 e. The molecule has 0 atom stereocenters. The second kappa shape index (κ2) is 10.9. The van der Waals surface area contributed by atoms with Crippen molar-refractivity contribution in [1.82, 2.24) is 0 Å². The minimum absolute atomic E-state index is 0.197.